The lowest BCUT2D eigenvalue weighted by Crippen LogP contribution is -2.40. The summed E-state index contributed by atoms with van der Waals surface area (Å²) in [6, 6.07) is 15.7. The minimum atomic E-state index is -0.485. The largest absolute Gasteiger partial charge is 0.497 e. The number of anilines is 1. The summed E-state index contributed by atoms with van der Waals surface area (Å²) in [5, 5.41) is 5.16. The maximum atomic E-state index is 11.9. The Hall–Kier alpha value is -4.97. The zero-order chi connectivity index (χ0) is 34.2. The molecule has 0 radical (unpaired) electrons. The van der Waals surface area contributed by atoms with Gasteiger partial charge in [-0.1, -0.05) is 30.4 Å². The summed E-state index contributed by atoms with van der Waals surface area (Å²) in [7, 11) is 11.8. The van der Waals surface area contributed by atoms with Gasteiger partial charge in [0.2, 0.25) is 5.75 Å². The van der Waals surface area contributed by atoms with Crippen LogP contribution < -0.4 is 38.6 Å². The number of rotatable bonds is 14. The average Bonchev–Trinajstić information content (AvgIpc) is 3.12. The van der Waals surface area contributed by atoms with Gasteiger partial charge in [0, 0.05) is 38.3 Å². The van der Waals surface area contributed by atoms with E-state index in [0.717, 1.165) is 34.4 Å². The van der Waals surface area contributed by atoms with Crippen LogP contribution in [0.15, 0.2) is 77.9 Å². The number of carbonyl (C=O) groups is 1. The molecule has 0 aromatic heterocycles. The molecule has 0 fully saturated rings. The van der Waals surface area contributed by atoms with Crippen molar-refractivity contribution in [3.63, 3.8) is 0 Å². The van der Waals surface area contributed by atoms with Gasteiger partial charge in [-0.2, -0.15) is 5.06 Å². The number of allylic oxidation sites excluding steroid dienone is 3. The van der Waals surface area contributed by atoms with E-state index in [9.17, 15) is 4.79 Å². The van der Waals surface area contributed by atoms with E-state index in [1.165, 1.54) is 5.56 Å². The summed E-state index contributed by atoms with van der Waals surface area (Å²) in [4.78, 5) is 20.2. The van der Waals surface area contributed by atoms with Crippen LogP contribution in [0.3, 0.4) is 0 Å². The molecule has 1 aliphatic heterocycles. The summed E-state index contributed by atoms with van der Waals surface area (Å²) < 4.78 is 33.6. The number of nitrogens with zero attached hydrogens (tertiary/aromatic N) is 2. The van der Waals surface area contributed by atoms with Crippen molar-refractivity contribution >= 4 is 18.0 Å². The third-order valence-corrected chi connectivity index (χ3v) is 8.35. The number of fused-ring (bicyclic) bond motifs is 1. The fraction of sp³-hybridized carbons (Fsp3) is 0.324. The fourth-order valence-corrected chi connectivity index (χ4v) is 5.83. The quantitative estimate of drug-likeness (QED) is 0.131. The SMILES string of the molecule is COc1ccc2c(c1)CNC(c1ccc(OCN(C)OC3CC(C=Cc4cc(OC)c(OC)c(OC)c4)=CC=C3C=O)c(OC)c1)N2C. The molecule has 2 aliphatic rings. The van der Waals surface area contributed by atoms with Gasteiger partial charge in [0.25, 0.3) is 0 Å². The van der Waals surface area contributed by atoms with Crippen LogP contribution in [0.1, 0.15) is 29.3 Å². The van der Waals surface area contributed by atoms with Gasteiger partial charge in [-0.15, -0.1) is 0 Å². The maximum Gasteiger partial charge on any atom is 0.203 e. The zero-order valence-corrected chi connectivity index (χ0v) is 28.4. The average molecular weight is 658 g/mol. The number of methoxy groups -OCH3 is 5. The molecule has 0 saturated heterocycles. The standard InChI is InChI=1S/C37H43N3O8/c1-39(48-32-16-24(10-11-27(32)22-41)8-9-25-17-34(44-5)36(46-7)35(18-25)45-6)23-47-31-15-12-26(20-33(31)43-4)37-38-21-28-19-29(42-3)13-14-30(28)40(37)2/h8-15,17-20,22,32,37-38H,16,21,23H2,1-7H3. The molecule has 0 amide bonds. The van der Waals surface area contributed by atoms with Crippen molar-refractivity contribution in [3.8, 4) is 34.5 Å². The first kappa shape index (κ1) is 34.4. The molecule has 0 spiro atoms. The highest BCUT2D eigenvalue weighted by molar-refractivity contribution is 5.76. The van der Waals surface area contributed by atoms with Gasteiger partial charge >= 0.3 is 0 Å². The molecule has 11 nitrogen and oxygen atoms in total. The van der Waals surface area contributed by atoms with Crippen LogP contribution in [0.2, 0.25) is 0 Å². The fourth-order valence-electron chi connectivity index (χ4n) is 5.83. The van der Waals surface area contributed by atoms with E-state index < -0.39 is 6.10 Å². The van der Waals surface area contributed by atoms with Gasteiger partial charge in [0.1, 0.15) is 24.3 Å². The molecular weight excluding hydrogens is 614 g/mol. The van der Waals surface area contributed by atoms with Gasteiger partial charge < -0.3 is 33.3 Å². The number of ether oxygens (including phenoxy) is 6. The molecule has 48 heavy (non-hydrogen) atoms. The summed E-state index contributed by atoms with van der Waals surface area (Å²) in [5.41, 5.74) is 5.74. The van der Waals surface area contributed by atoms with Crippen LogP contribution in [-0.4, -0.2) is 73.8 Å². The van der Waals surface area contributed by atoms with E-state index in [1.54, 1.807) is 53.7 Å². The molecule has 2 atom stereocenters. The Balaban J connectivity index is 1.21. The topological polar surface area (TPSA) is 100 Å². The number of hydroxylamine groups is 2. The van der Waals surface area contributed by atoms with Crippen molar-refractivity contribution in [1.29, 1.82) is 0 Å². The van der Waals surface area contributed by atoms with Gasteiger partial charge in [0.15, 0.2) is 29.7 Å². The Morgan fingerprint density at radius 1 is 0.854 bits per heavy atom. The lowest BCUT2D eigenvalue weighted by molar-refractivity contribution is -0.197. The second-order valence-electron chi connectivity index (χ2n) is 11.3. The molecule has 2 unspecified atom stereocenters. The summed E-state index contributed by atoms with van der Waals surface area (Å²) in [6.07, 6.45) is 8.39. The number of carbonyl (C=O) groups excluding carboxylic acids is 1. The molecule has 3 aromatic carbocycles. The van der Waals surface area contributed by atoms with E-state index >= 15 is 0 Å². The van der Waals surface area contributed by atoms with Crippen molar-refractivity contribution < 1.29 is 38.1 Å². The van der Waals surface area contributed by atoms with Crippen LogP contribution in [-0.2, 0) is 16.2 Å². The third-order valence-electron chi connectivity index (χ3n) is 8.35. The van der Waals surface area contributed by atoms with Crippen molar-refractivity contribution in [3.05, 3.63) is 94.6 Å². The highest BCUT2D eigenvalue weighted by Gasteiger charge is 2.26. The van der Waals surface area contributed by atoms with Gasteiger partial charge in [-0.05, 0) is 64.7 Å². The molecule has 254 valence electrons. The van der Waals surface area contributed by atoms with Gasteiger partial charge in [-0.25, -0.2) is 0 Å². The van der Waals surface area contributed by atoms with Gasteiger partial charge in [0.05, 0.1) is 35.5 Å². The van der Waals surface area contributed by atoms with Crippen LogP contribution >= 0.6 is 0 Å². The summed E-state index contributed by atoms with van der Waals surface area (Å²) in [6.45, 7) is 0.815. The normalized spacial score (nSPS) is 17.4. The maximum absolute atomic E-state index is 11.9. The molecule has 5 rings (SSSR count). The number of hydrogen-bond donors (Lipinski definition) is 1. The van der Waals surface area contributed by atoms with E-state index in [4.69, 9.17) is 33.3 Å². The number of nitrogens with one attached hydrogen (secondary N) is 1. The van der Waals surface area contributed by atoms with Crippen molar-refractivity contribution in [2.24, 2.45) is 0 Å². The smallest absolute Gasteiger partial charge is 0.203 e. The second-order valence-corrected chi connectivity index (χ2v) is 11.3. The molecule has 1 aliphatic carbocycles. The summed E-state index contributed by atoms with van der Waals surface area (Å²) >= 11 is 0. The van der Waals surface area contributed by atoms with Crippen LogP contribution in [0.4, 0.5) is 5.69 Å². The molecule has 11 heteroatoms. The molecule has 0 bridgehead atoms. The number of hydrogen-bond acceptors (Lipinski definition) is 11. The summed E-state index contributed by atoms with van der Waals surface area (Å²) in [5.74, 6) is 3.67. The predicted molar refractivity (Wildman–Crippen MR) is 184 cm³/mol. The molecular formula is C37H43N3O8. The van der Waals surface area contributed by atoms with Gasteiger partial charge in [-0.3, -0.25) is 14.9 Å². The second kappa shape index (κ2) is 15.7. The van der Waals surface area contributed by atoms with E-state index in [1.807, 2.05) is 54.6 Å². The Labute approximate surface area is 281 Å². The lowest BCUT2D eigenvalue weighted by atomic mass is 9.95. The Bertz CT molecular complexity index is 1680. The highest BCUT2D eigenvalue weighted by Crippen LogP contribution is 2.39. The first-order chi connectivity index (χ1) is 23.3. The molecule has 1 heterocycles. The van der Waals surface area contributed by atoms with E-state index in [-0.39, 0.29) is 12.9 Å². The Kier molecular flexibility index (Phi) is 11.3. The zero-order valence-electron chi connectivity index (χ0n) is 28.4. The van der Waals surface area contributed by atoms with Crippen LogP contribution in [0.25, 0.3) is 6.08 Å². The van der Waals surface area contributed by atoms with E-state index in [2.05, 4.69) is 29.4 Å². The predicted octanol–water partition coefficient (Wildman–Crippen LogP) is 5.70. The Morgan fingerprint density at radius 3 is 2.27 bits per heavy atom. The van der Waals surface area contributed by atoms with Crippen molar-refractivity contribution in [2.75, 3.05) is 61.3 Å². The van der Waals surface area contributed by atoms with E-state index in [0.29, 0.717) is 47.3 Å². The third kappa shape index (κ3) is 7.60. The van der Waals surface area contributed by atoms with Crippen LogP contribution in [0, 0.1) is 0 Å². The van der Waals surface area contributed by atoms with Crippen LogP contribution in [0.5, 0.6) is 34.5 Å². The number of aldehydes is 1. The Morgan fingerprint density at radius 2 is 1.60 bits per heavy atom. The van der Waals surface area contributed by atoms with Crippen molar-refractivity contribution in [2.45, 2.75) is 25.2 Å². The molecule has 0 saturated carbocycles. The first-order valence-electron chi connectivity index (χ1n) is 15.5. The molecule has 1 N–H and O–H groups in total. The molecule has 3 aromatic rings. The lowest BCUT2D eigenvalue weighted by Gasteiger charge is -2.37. The first-order valence-corrected chi connectivity index (χ1v) is 15.5. The number of benzene rings is 3. The minimum absolute atomic E-state index is 0.0511. The minimum Gasteiger partial charge on any atom is -0.497 e. The monoisotopic (exact) mass is 657 g/mol. The highest BCUT2D eigenvalue weighted by atomic mass is 16.7. The van der Waals surface area contributed by atoms with Crippen molar-refractivity contribution in [1.82, 2.24) is 10.4 Å².